The van der Waals surface area contributed by atoms with E-state index < -0.39 is 27.9 Å². The number of amides is 3. The monoisotopic (exact) mass is 519 g/mol. The minimum Gasteiger partial charge on any atom is -0.354 e. The van der Waals surface area contributed by atoms with Crippen molar-refractivity contribution in [2.24, 2.45) is 5.92 Å². The summed E-state index contributed by atoms with van der Waals surface area (Å²) in [7, 11) is -4.02. The van der Waals surface area contributed by atoms with Crippen molar-refractivity contribution in [3.63, 3.8) is 0 Å². The van der Waals surface area contributed by atoms with E-state index in [1.165, 1.54) is 17.0 Å². The van der Waals surface area contributed by atoms with Crippen LogP contribution in [0.1, 0.15) is 49.5 Å². The van der Waals surface area contributed by atoms with E-state index in [2.05, 4.69) is 5.32 Å². The average Bonchev–Trinajstić information content (AvgIpc) is 3.02. The Balaban J connectivity index is 1.81. The summed E-state index contributed by atoms with van der Waals surface area (Å²) < 4.78 is 26.4. The molecule has 2 aromatic rings. The Morgan fingerprint density at radius 1 is 1.09 bits per heavy atom. The van der Waals surface area contributed by atoms with E-state index in [9.17, 15) is 22.8 Å². The van der Waals surface area contributed by atoms with Gasteiger partial charge in [-0.3, -0.25) is 14.4 Å². The van der Waals surface area contributed by atoms with Crippen molar-refractivity contribution in [2.75, 3.05) is 13.1 Å². The van der Waals surface area contributed by atoms with E-state index in [1.807, 2.05) is 20.8 Å². The molecule has 10 heteroatoms. The van der Waals surface area contributed by atoms with Crippen LogP contribution in [0, 0.1) is 5.92 Å². The summed E-state index contributed by atoms with van der Waals surface area (Å²) in [5, 5.41) is 3.43. The number of hydrogen-bond donors (Lipinski definition) is 1. The van der Waals surface area contributed by atoms with Gasteiger partial charge in [0.15, 0.2) is 0 Å². The molecule has 3 amide bonds. The first-order chi connectivity index (χ1) is 16.6. The van der Waals surface area contributed by atoms with Gasteiger partial charge in [0.2, 0.25) is 11.8 Å². The predicted molar refractivity (Wildman–Crippen MR) is 133 cm³/mol. The zero-order valence-electron chi connectivity index (χ0n) is 20.0. The molecule has 1 heterocycles. The van der Waals surface area contributed by atoms with Gasteiger partial charge < -0.3 is 10.2 Å². The lowest BCUT2D eigenvalue weighted by Crippen LogP contribution is -2.50. The van der Waals surface area contributed by atoms with Crippen LogP contribution in [-0.2, 0) is 26.2 Å². The van der Waals surface area contributed by atoms with Gasteiger partial charge in [-0.15, -0.1) is 0 Å². The number of carbonyl (C=O) groups is 3. The van der Waals surface area contributed by atoms with Crippen molar-refractivity contribution in [3.05, 3.63) is 64.7 Å². The number of nitrogens with zero attached hydrogens (tertiary/aromatic N) is 2. The van der Waals surface area contributed by atoms with E-state index in [0.717, 1.165) is 9.87 Å². The number of fused-ring (bicyclic) bond motifs is 1. The van der Waals surface area contributed by atoms with Crippen molar-refractivity contribution < 1.29 is 22.8 Å². The van der Waals surface area contributed by atoms with Gasteiger partial charge in [-0.2, -0.15) is 0 Å². The third-order valence-corrected chi connectivity index (χ3v) is 7.87. The molecule has 2 aromatic carbocycles. The normalized spacial score (nSPS) is 15.1. The first-order valence-corrected chi connectivity index (χ1v) is 13.4. The molecule has 0 saturated heterocycles. The van der Waals surface area contributed by atoms with Crippen LogP contribution < -0.4 is 5.32 Å². The van der Waals surface area contributed by atoms with Crippen LogP contribution in [0.2, 0.25) is 5.02 Å². The van der Waals surface area contributed by atoms with Gasteiger partial charge in [0, 0.05) is 31.1 Å². The molecule has 1 aliphatic rings. The highest BCUT2D eigenvalue weighted by Gasteiger charge is 2.41. The maximum atomic E-state index is 13.4. The van der Waals surface area contributed by atoms with Crippen LogP contribution in [0.15, 0.2) is 53.4 Å². The first kappa shape index (κ1) is 26.7. The quantitative estimate of drug-likeness (QED) is 0.517. The predicted octanol–water partition coefficient (Wildman–Crippen LogP) is 3.45. The Morgan fingerprint density at radius 3 is 2.34 bits per heavy atom. The Bertz CT molecular complexity index is 1200. The molecule has 0 bridgehead atoms. The molecule has 1 N–H and O–H groups in total. The van der Waals surface area contributed by atoms with Gasteiger partial charge >= 0.3 is 0 Å². The second-order valence-corrected chi connectivity index (χ2v) is 11.1. The van der Waals surface area contributed by atoms with Crippen molar-refractivity contribution in [1.82, 2.24) is 14.5 Å². The standard InChI is InChI=1S/C25H30ClN3O5S/c1-4-21(24(31)27-15-17(2)3)28(16-18-9-11-19(26)12-10-18)23(30)13-14-29-25(32)20-7-5-6-8-22(20)35(29,33)34/h5-12,17,21H,4,13-16H2,1-3H3,(H,27,31). The van der Waals surface area contributed by atoms with E-state index in [-0.39, 0.29) is 41.8 Å². The summed E-state index contributed by atoms with van der Waals surface area (Å²) in [6.45, 7) is 6.07. The molecule has 3 rings (SSSR count). The third-order valence-electron chi connectivity index (χ3n) is 5.78. The fourth-order valence-electron chi connectivity index (χ4n) is 3.92. The minimum absolute atomic E-state index is 0.0602. The number of rotatable bonds is 10. The zero-order chi connectivity index (χ0) is 25.8. The van der Waals surface area contributed by atoms with Crippen molar-refractivity contribution >= 4 is 39.3 Å². The number of benzene rings is 2. The highest BCUT2D eigenvalue weighted by molar-refractivity contribution is 7.90. The van der Waals surface area contributed by atoms with E-state index in [0.29, 0.717) is 18.0 Å². The molecule has 0 aromatic heterocycles. The maximum Gasteiger partial charge on any atom is 0.269 e. The highest BCUT2D eigenvalue weighted by Crippen LogP contribution is 2.30. The lowest BCUT2D eigenvalue weighted by molar-refractivity contribution is -0.141. The molecule has 0 fully saturated rings. The summed E-state index contributed by atoms with van der Waals surface area (Å²) >= 11 is 5.98. The Kier molecular flexibility index (Phi) is 8.56. The summed E-state index contributed by atoms with van der Waals surface area (Å²) in [5.41, 5.74) is 0.868. The van der Waals surface area contributed by atoms with Crippen molar-refractivity contribution in [1.29, 1.82) is 0 Å². The maximum absolute atomic E-state index is 13.4. The molecule has 0 saturated carbocycles. The number of nitrogens with one attached hydrogen (secondary N) is 1. The second kappa shape index (κ2) is 11.2. The Morgan fingerprint density at radius 2 is 1.74 bits per heavy atom. The Labute approximate surface area is 211 Å². The molecule has 1 unspecified atom stereocenters. The minimum atomic E-state index is -4.02. The van der Waals surface area contributed by atoms with Gasteiger partial charge in [-0.05, 0) is 42.2 Å². The lowest BCUT2D eigenvalue weighted by Gasteiger charge is -2.31. The van der Waals surface area contributed by atoms with Crippen LogP contribution in [-0.4, -0.2) is 54.5 Å². The molecule has 35 heavy (non-hydrogen) atoms. The first-order valence-electron chi connectivity index (χ1n) is 11.5. The largest absolute Gasteiger partial charge is 0.354 e. The van der Waals surface area contributed by atoms with Gasteiger partial charge in [0.25, 0.3) is 15.9 Å². The SMILES string of the molecule is CCC(C(=O)NCC(C)C)N(Cc1ccc(Cl)cc1)C(=O)CCN1C(=O)c2ccccc2S1(=O)=O. The van der Waals surface area contributed by atoms with Gasteiger partial charge in [0.1, 0.15) is 10.9 Å². The van der Waals surface area contributed by atoms with Crippen LogP contribution in [0.5, 0.6) is 0 Å². The summed E-state index contributed by atoms with van der Waals surface area (Å²) in [6, 6.07) is 12.2. The molecule has 1 atom stereocenters. The third kappa shape index (κ3) is 6.02. The molecular weight excluding hydrogens is 490 g/mol. The van der Waals surface area contributed by atoms with E-state index in [4.69, 9.17) is 11.6 Å². The number of carbonyl (C=O) groups excluding carboxylic acids is 3. The van der Waals surface area contributed by atoms with E-state index >= 15 is 0 Å². The molecule has 0 radical (unpaired) electrons. The summed E-state index contributed by atoms with van der Waals surface area (Å²) in [6.07, 6.45) is 0.121. The summed E-state index contributed by atoms with van der Waals surface area (Å²) in [5.74, 6) is -1.12. The molecule has 1 aliphatic heterocycles. The van der Waals surface area contributed by atoms with Crippen molar-refractivity contribution in [2.45, 2.75) is 51.1 Å². The highest BCUT2D eigenvalue weighted by atomic mass is 35.5. The molecular formula is C25H30ClN3O5S. The number of halogens is 1. The van der Waals surface area contributed by atoms with Crippen molar-refractivity contribution in [3.8, 4) is 0 Å². The zero-order valence-corrected chi connectivity index (χ0v) is 21.6. The van der Waals surface area contributed by atoms with Gasteiger partial charge in [-0.25, -0.2) is 12.7 Å². The fraction of sp³-hybridized carbons (Fsp3) is 0.400. The topological polar surface area (TPSA) is 104 Å². The number of sulfonamides is 1. The smallest absolute Gasteiger partial charge is 0.269 e. The average molecular weight is 520 g/mol. The summed E-state index contributed by atoms with van der Waals surface area (Å²) in [4.78, 5) is 40.4. The number of hydrogen-bond acceptors (Lipinski definition) is 5. The van der Waals surface area contributed by atoms with Crippen LogP contribution in [0.25, 0.3) is 0 Å². The molecule has 188 valence electrons. The molecule has 0 spiro atoms. The van der Waals surface area contributed by atoms with Crippen LogP contribution in [0.3, 0.4) is 0 Å². The lowest BCUT2D eigenvalue weighted by atomic mass is 10.1. The molecule has 8 nitrogen and oxygen atoms in total. The van der Waals surface area contributed by atoms with Gasteiger partial charge in [0.05, 0.1) is 5.56 Å². The van der Waals surface area contributed by atoms with E-state index in [1.54, 1.807) is 36.4 Å². The van der Waals surface area contributed by atoms with Crippen LogP contribution >= 0.6 is 11.6 Å². The Hall–Kier alpha value is -2.91. The van der Waals surface area contributed by atoms with Crippen LogP contribution in [0.4, 0.5) is 0 Å². The van der Waals surface area contributed by atoms with Gasteiger partial charge in [-0.1, -0.05) is 56.6 Å². The molecule has 0 aliphatic carbocycles. The second-order valence-electron chi connectivity index (χ2n) is 8.84. The fourth-order valence-corrected chi connectivity index (χ4v) is 5.62.